The molecular formula is C21H26N2O5S. The number of amides is 1. The summed E-state index contributed by atoms with van der Waals surface area (Å²) in [5.74, 6) is 0.235. The first-order valence-corrected chi connectivity index (χ1v) is 11.0. The summed E-state index contributed by atoms with van der Waals surface area (Å²) in [6.45, 7) is 0.414. The zero-order valence-electron chi connectivity index (χ0n) is 16.6. The predicted octanol–water partition coefficient (Wildman–Crippen LogP) is 3.11. The van der Waals surface area contributed by atoms with Gasteiger partial charge < -0.3 is 15.2 Å². The van der Waals surface area contributed by atoms with E-state index in [1.54, 1.807) is 7.11 Å². The number of methoxy groups -OCH3 is 2. The minimum absolute atomic E-state index is 0.0347. The fraction of sp³-hybridized carbons (Fsp3) is 0.381. The molecule has 1 aliphatic rings. The Morgan fingerprint density at radius 3 is 2.38 bits per heavy atom. The molecule has 0 radical (unpaired) electrons. The van der Waals surface area contributed by atoms with E-state index in [9.17, 15) is 13.2 Å². The topological polar surface area (TPSA) is 98.9 Å². The maximum atomic E-state index is 13.5. The molecule has 1 amide bonds. The number of hydrogen-bond donors (Lipinski definition) is 1. The molecule has 0 saturated carbocycles. The summed E-state index contributed by atoms with van der Waals surface area (Å²) < 4.78 is 38.9. The second kappa shape index (κ2) is 8.84. The summed E-state index contributed by atoms with van der Waals surface area (Å²) in [5, 5.41) is 0. The number of carbonyl (C=O) groups excluding carboxylic acids is 1. The number of sulfonamides is 1. The van der Waals surface area contributed by atoms with E-state index in [0.717, 1.165) is 37.0 Å². The van der Waals surface area contributed by atoms with Gasteiger partial charge >= 0.3 is 0 Å². The Hall–Kier alpha value is -2.58. The number of primary amides is 1. The first-order chi connectivity index (χ1) is 13.9. The number of rotatable bonds is 6. The molecule has 3 rings (SSSR count). The van der Waals surface area contributed by atoms with Gasteiger partial charge in [0.25, 0.3) is 5.91 Å². The quantitative estimate of drug-likeness (QED) is 0.777. The van der Waals surface area contributed by atoms with Gasteiger partial charge in [0, 0.05) is 6.54 Å². The Labute approximate surface area is 171 Å². The molecule has 1 heterocycles. The second-order valence-electron chi connectivity index (χ2n) is 6.98. The molecule has 8 heteroatoms. The minimum Gasteiger partial charge on any atom is -0.497 e. The van der Waals surface area contributed by atoms with Crippen molar-refractivity contribution in [1.29, 1.82) is 0 Å². The zero-order chi connectivity index (χ0) is 21.0. The van der Waals surface area contributed by atoms with Gasteiger partial charge in [-0.1, -0.05) is 25.0 Å². The van der Waals surface area contributed by atoms with Crippen LogP contribution in [0.25, 0.3) is 0 Å². The van der Waals surface area contributed by atoms with Gasteiger partial charge in [-0.2, -0.15) is 4.31 Å². The number of ether oxygens (including phenoxy) is 2. The molecule has 1 fully saturated rings. The van der Waals surface area contributed by atoms with Crippen molar-refractivity contribution in [2.45, 2.75) is 36.6 Å². The highest BCUT2D eigenvalue weighted by atomic mass is 32.2. The molecule has 0 spiro atoms. The molecule has 0 aromatic heterocycles. The molecule has 0 aliphatic carbocycles. The molecule has 2 aromatic carbocycles. The lowest BCUT2D eigenvalue weighted by Gasteiger charge is -2.30. The van der Waals surface area contributed by atoms with Gasteiger partial charge in [-0.05, 0) is 48.7 Å². The maximum absolute atomic E-state index is 13.5. The van der Waals surface area contributed by atoms with E-state index in [-0.39, 0.29) is 22.3 Å². The Morgan fingerprint density at radius 2 is 1.76 bits per heavy atom. The van der Waals surface area contributed by atoms with Gasteiger partial charge in [0.1, 0.15) is 11.5 Å². The van der Waals surface area contributed by atoms with Crippen molar-refractivity contribution in [3.63, 3.8) is 0 Å². The Bertz CT molecular complexity index is 973. The first kappa shape index (κ1) is 21.1. The summed E-state index contributed by atoms with van der Waals surface area (Å²) in [5.41, 5.74) is 6.37. The van der Waals surface area contributed by atoms with E-state index in [2.05, 4.69) is 0 Å². The van der Waals surface area contributed by atoms with Crippen molar-refractivity contribution < 1.29 is 22.7 Å². The first-order valence-electron chi connectivity index (χ1n) is 9.52. The van der Waals surface area contributed by atoms with E-state index in [1.165, 1.54) is 29.6 Å². The smallest absolute Gasteiger partial charge is 0.252 e. The molecule has 29 heavy (non-hydrogen) atoms. The van der Waals surface area contributed by atoms with Crippen LogP contribution in [0.15, 0.2) is 47.4 Å². The number of nitrogens with two attached hydrogens (primary N) is 1. The SMILES string of the molecule is COc1ccc([C@@H]2CCCCCN2S(=O)(=O)c2ccc(OC)c(C(N)=O)c2)cc1. The summed E-state index contributed by atoms with van der Waals surface area (Å²) in [6, 6.07) is 11.4. The molecular weight excluding hydrogens is 392 g/mol. The lowest BCUT2D eigenvalue weighted by Crippen LogP contribution is -2.35. The van der Waals surface area contributed by atoms with Crippen molar-refractivity contribution in [2.24, 2.45) is 5.73 Å². The van der Waals surface area contributed by atoms with E-state index in [0.29, 0.717) is 6.54 Å². The normalized spacial score (nSPS) is 18.1. The molecule has 1 aliphatic heterocycles. The third-order valence-corrected chi connectivity index (χ3v) is 7.15. The van der Waals surface area contributed by atoms with Gasteiger partial charge in [-0.25, -0.2) is 8.42 Å². The van der Waals surface area contributed by atoms with Crippen LogP contribution in [-0.4, -0.2) is 39.4 Å². The van der Waals surface area contributed by atoms with Gasteiger partial charge in [0.2, 0.25) is 10.0 Å². The van der Waals surface area contributed by atoms with E-state index < -0.39 is 15.9 Å². The molecule has 7 nitrogen and oxygen atoms in total. The zero-order valence-corrected chi connectivity index (χ0v) is 17.4. The molecule has 0 unspecified atom stereocenters. The van der Waals surface area contributed by atoms with Gasteiger partial charge in [0.15, 0.2) is 0 Å². The summed E-state index contributed by atoms with van der Waals surface area (Å²) in [6.07, 6.45) is 3.42. The number of hydrogen-bond acceptors (Lipinski definition) is 5. The fourth-order valence-electron chi connectivity index (χ4n) is 3.70. The van der Waals surface area contributed by atoms with E-state index in [4.69, 9.17) is 15.2 Å². The molecule has 156 valence electrons. The highest BCUT2D eigenvalue weighted by molar-refractivity contribution is 7.89. The third-order valence-electron chi connectivity index (χ3n) is 5.25. The van der Waals surface area contributed by atoms with Crippen LogP contribution in [0.4, 0.5) is 0 Å². The fourth-order valence-corrected chi connectivity index (χ4v) is 5.41. The Kier molecular flexibility index (Phi) is 6.44. The van der Waals surface area contributed by atoms with Gasteiger partial charge in [0.05, 0.1) is 30.7 Å². The van der Waals surface area contributed by atoms with Gasteiger partial charge in [-0.3, -0.25) is 4.79 Å². The van der Waals surface area contributed by atoms with Crippen molar-refractivity contribution in [3.05, 3.63) is 53.6 Å². The summed E-state index contributed by atoms with van der Waals surface area (Å²) >= 11 is 0. The molecule has 2 N–H and O–H groups in total. The second-order valence-corrected chi connectivity index (χ2v) is 8.87. The van der Waals surface area contributed by atoms with E-state index >= 15 is 0 Å². The molecule has 1 atom stereocenters. The lowest BCUT2D eigenvalue weighted by molar-refractivity contribution is 0.0997. The Morgan fingerprint density at radius 1 is 1.03 bits per heavy atom. The highest BCUT2D eigenvalue weighted by Gasteiger charge is 2.34. The Balaban J connectivity index is 2.03. The summed E-state index contributed by atoms with van der Waals surface area (Å²) in [7, 11) is -0.839. The molecule has 0 bridgehead atoms. The van der Waals surface area contributed by atoms with E-state index in [1.807, 2.05) is 24.3 Å². The van der Waals surface area contributed by atoms with Crippen LogP contribution in [-0.2, 0) is 10.0 Å². The lowest BCUT2D eigenvalue weighted by atomic mass is 10.0. The van der Waals surface area contributed by atoms with Crippen LogP contribution < -0.4 is 15.2 Å². The highest BCUT2D eigenvalue weighted by Crippen LogP contribution is 2.36. The van der Waals surface area contributed by atoms with Crippen LogP contribution in [0.2, 0.25) is 0 Å². The third kappa shape index (κ3) is 4.38. The van der Waals surface area contributed by atoms with Gasteiger partial charge in [-0.15, -0.1) is 0 Å². The average molecular weight is 419 g/mol. The van der Waals surface area contributed by atoms with Crippen molar-refractivity contribution in [2.75, 3.05) is 20.8 Å². The maximum Gasteiger partial charge on any atom is 0.252 e. The number of nitrogens with zero attached hydrogens (tertiary/aromatic N) is 1. The predicted molar refractivity (Wildman–Crippen MR) is 110 cm³/mol. The van der Waals surface area contributed by atoms with Crippen LogP contribution >= 0.6 is 0 Å². The number of carbonyl (C=O) groups is 1. The average Bonchev–Trinajstić information content (AvgIpc) is 3.00. The standard InChI is InChI=1S/C21H26N2O5S/c1-27-16-9-7-15(8-10-16)19-6-4-3-5-13-23(19)29(25,26)17-11-12-20(28-2)18(14-17)21(22)24/h7-12,14,19H,3-6,13H2,1-2H3,(H2,22,24)/t19-/m0/s1. The molecule has 2 aromatic rings. The van der Waals surface area contributed by atoms with Crippen LogP contribution in [0.1, 0.15) is 47.6 Å². The number of benzene rings is 2. The minimum atomic E-state index is -3.84. The summed E-state index contributed by atoms with van der Waals surface area (Å²) in [4.78, 5) is 11.8. The van der Waals surface area contributed by atoms with Crippen molar-refractivity contribution >= 4 is 15.9 Å². The molecule has 1 saturated heterocycles. The largest absolute Gasteiger partial charge is 0.497 e. The van der Waals surface area contributed by atoms with Crippen molar-refractivity contribution in [1.82, 2.24) is 4.31 Å². The monoisotopic (exact) mass is 418 g/mol. The van der Waals surface area contributed by atoms with Crippen molar-refractivity contribution in [3.8, 4) is 11.5 Å². The van der Waals surface area contributed by atoms with Crippen LogP contribution in [0.5, 0.6) is 11.5 Å². The van der Waals surface area contributed by atoms with Crippen LogP contribution in [0, 0.1) is 0 Å². The van der Waals surface area contributed by atoms with Crippen LogP contribution in [0.3, 0.4) is 0 Å².